The fourth-order valence-electron chi connectivity index (χ4n) is 3.52. The number of hydrogen-bond donors (Lipinski definition) is 2. The highest BCUT2D eigenvalue weighted by atomic mass is 16.5. The predicted molar refractivity (Wildman–Crippen MR) is 106 cm³/mol. The second-order valence-electron chi connectivity index (χ2n) is 7.16. The molecule has 152 valence electrons. The lowest BCUT2D eigenvalue weighted by atomic mass is 10.0. The van der Waals surface area contributed by atoms with Gasteiger partial charge in [-0.15, -0.1) is 0 Å². The van der Waals surface area contributed by atoms with Crippen molar-refractivity contribution in [2.24, 2.45) is 0 Å². The molecule has 3 rings (SSSR count). The monoisotopic (exact) mass is 389 g/mol. The molecule has 1 aromatic carbocycles. The van der Waals surface area contributed by atoms with E-state index in [4.69, 9.17) is 13.9 Å². The summed E-state index contributed by atoms with van der Waals surface area (Å²) in [6.45, 7) is 8.87. The molecule has 1 amide bonds. The van der Waals surface area contributed by atoms with Gasteiger partial charge in [0.15, 0.2) is 6.61 Å². The van der Waals surface area contributed by atoms with Crippen molar-refractivity contribution in [3.05, 3.63) is 39.7 Å². The second-order valence-corrected chi connectivity index (χ2v) is 7.16. The summed E-state index contributed by atoms with van der Waals surface area (Å²) < 4.78 is 16.4. The van der Waals surface area contributed by atoms with Gasteiger partial charge in [-0.05, 0) is 31.0 Å². The highest BCUT2D eigenvalue weighted by Gasteiger charge is 2.15. The molecule has 7 heteroatoms. The van der Waals surface area contributed by atoms with Gasteiger partial charge in [-0.3, -0.25) is 4.79 Å². The molecule has 0 radical (unpaired) electrons. The number of amides is 1. The topological polar surface area (TPSA) is 82.2 Å². The maximum Gasteiger partial charge on any atom is 0.336 e. The van der Waals surface area contributed by atoms with Crippen LogP contribution in [0, 0.1) is 6.92 Å². The molecule has 1 saturated heterocycles. The van der Waals surface area contributed by atoms with Crippen LogP contribution in [0.4, 0.5) is 0 Å². The smallest absolute Gasteiger partial charge is 0.336 e. The Morgan fingerprint density at radius 3 is 2.82 bits per heavy atom. The molecule has 0 unspecified atom stereocenters. The van der Waals surface area contributed by atoms with Gasteiger partial charge in [0, 0.05) is 17.0 Å². The lowest BCUT2D eigenvalue weighted by Crippen LogP contribution is -3.14. The van der Waals surface area contributed by atoms with Crippen molar-refractivity contribution in [1.82, 2.24) is 5.32 Å². The Morgan fingerprint density at radius 2 is 2.07 bits per heavy atom. The zero-order chi connectivity index (χ0) is 19.9. The van der Waals surface area contributed by atoms with Gasteiger partial charge in [-0.25, -0.2) is 4.79 Å². The average molecular weight is 389 g/mol. The van der Waals surface area contributed by atoms with Crippen LogP contribution >= 0.6 is 0 Å². The Labute approximate surface area is 164 Å². The summed E-state index contributed by atoms with van der Waals surface area (Å²) in [6, 6.07) is 5.28. The number of fused-ring (bicyclic) bond motifs is 1. The van der Waals surface area contributed by atoms with E-state index in [0.717, 1.165) is 62.2 Å². The Kier molecular flexibility index (Phi) is 7.06. The molecule has 28 heavy (non-hydrogen) atoms. The molecule has 2 heterocycles. The third-order valence-electron chi connectivity index (χ3n) is 5.08. The number of hydrogen-bond acceptors (Lipinski definition) is 5. The van der Waals surface area contributed by atoms with Crippen LogP contribution in [0.5, 0.6) is 5.75 Å². The summed E-state index contributed by atoms with van der Waals surface area (Å²) in [5, 5.41) is 3.81. The number of quaternary nitrogens is 1. The molecule has 1 aliphatic heterocycles. The highest BCUT2D eigenvalue weighted by molar-refractivity contribution is 5.85. The van der Waals surface area contributed by atoms with Gasteiger partial charge in [0.05, 0.1) is 26.3 Å². The van der Waals surface area contributed by atoms with Crippen LogP contribution in [0.15, 0.2) is 27.4 Å². The van der Waals surface area contributed by atoms with Crippen molar-refractivity contribution >= 4 is 16.9 Å². The van der Waals surface area contributed by atoms with E-state index in [1.165, 1.54) is 4.90 Å². The van der Waals surface area contributed by atoms with Gasteiger partial charge >= 0.3 is 5.63 Å². The Balaban J connectivity index is 1.58. The summed E-state index contributed by atoms with van der Waals surface area (Å²) in [5.74, 6) is 0.395. The van der Waals surface area contributed by atoms with Crippen molar-refractivity contribution < 1.29 is 23.6 Å². The number of carbonyl (C=O) groups excluding carboxylic acids is 1. The third kappa shape index (κ3) is 5.11. The average Bonchev–Trinajstić information content (AvgIpc) is 2.69. The first-order valence-corrected chi connectivity index (χ1v) is 9.95. The van der Waals surface area contributed by atoms with Crippen molar-refractivity contribution in [3.8, 4) is 5.75 Å². The van der Waals surface area contributed by atoms with E-state index in [1.807, 2.05) is 19.1 Å². The largest absolute Gasteiger partial charge is 0.483 e. The molecule has 1 fully saturated rings. The SMILES string of the molecule is CCCc1cc(=O)oc2c(C)c(OCC(=O)NCC[NH+]3CCOCC3)ccc12. The summed E-state index contributed by atoms with van der Waals surface area (Å²) in [4.78, 5) is 25.4. The molecule has 0 bridgehead atoms. The van der Waals surface area contributed by atoms with E-state index >= 15 is 0 Å². The summed E-state index contributed by atoms with van der Waals surface area (Å²) in [6.07, 6.45) is 1.76. The lowest BCUT2D eigenvalue weighted by molar-refractivity contribution is -0.906. The van der Waals surface area contributed by atoms with Gasteiger partial charge in [0.2, 0.25) is 0 Å². The van der Waals surface area contributed by atoms with Crippen LogP contribution in [-0.4, -0.2) is 51.9 Å². The van der Waals surface area contributed by atoms with Crippen LogP contribution in [0.2, 0.25) is 0 Å². The molecule has 7 nitrogen and oxygen atoms in total. The Morgan fingerprint density at radius 1 is 1.29 bits per heavy atom. The molecular formula is C21H29N2O5+. The van der Waals surface area contributed by atoms with Crippen molar-refractivity contribution in [2.45, 2.75) is 26.7 Å². The maximum absolute atomic E-state index is 12.1. The fraction of sp³-hybridized carbons (Fsp3) is 0.524. The van der Waals surface area contributed by atoms with Crippen molar-refractivity contribution in [2.75, 3.05) is 46.0 Å². The third-order valence-corrected chi connectivity index (χ3v) is 5.08. The first kappa shape index (κ1) is 20.4. The molecule has 1 aliphatic rings. The highest BCUT2D eigenvalue weighted by Crippen LogP contribution is 2.28. The van der Waals surface area contributed by atoms with Crippen LogP contribution in [-0.2, 0) is 16.0 Å². The number of rotatable bonds is 8. The van der Waals surface area contributed by atoms with E-state index in [2.05, 4.69) is 12.2 Å². The van der Waals surface area contributed by atoms with Crippen molar-refractivity contribution in [1.29, 1.82) is 0 Å². The number of aryl methyl sites for hydroxylation is 2. The maximum atomic E-state index is 12.1. The van der Waals surface area contributed by atoms with E-state index in [-0.39, 0.29) is 18.1 Å². The van der Waals surface area contributed by atoms with Gasteiger partial charge in [0.25, 0.3) is 5.91 Å². The molecule has 0 spiro atoms. The van der Waals surface area contributed by atoms with Gasteiger partial charge in [0.1, 0.15) is 24.4 Å². The minimum atomic E-state index is -0.362. The van der Waals surface area contributed by atoms with Crippen LogP contribution in [0.25, 0.3) is 11.0 Å². The van der Waals surface area contributed by atoms with E-state index in [1.54, 1.807) is 6.07 Å². The van der Waals surface area contributed by atoms with Crippen LogP contribution in [0.3, 0.4) is 0 Å². The van der Waals surface area contributed by atoms with Crippen LogP contribution < -0.4 is 20.6 Å². The van der Waals surface area contributed by atoms with Crippen LogP contribution in [0.1, 0.15) is 24.5 Å². The molecule has 2 aromatic rings. The number of nitrogens with one attached hydrogen (secondary N) is 2. The second kappa shape index (κ2) is 9.71. The number of carbonyl (C=O) groups is 1. The van der Waals surface area contributed by atoms with E-state index < -0.39 is 0 Å². The molecule has 0 atom stereocenters. The normalized spacial score (nSPS) is 14.9. The van der Waals surface area contributed by atoms with Gasteiger partial charge in [-0.1, -0.05) is 13.3 Å². The minimum Gasteiger partial charge on any atom is -0.483 e. The minimum absolute atomic E-state index is 0.0658. The van der Waals surface area contributed by atoms with Crippen molar-refractivity contribution in [3.63, 3.8) is 0 Å². The fourth-order valence-corrected chi connectivity index (χ4v) is 3.52. The predicted octanol–water partition coefficient (Wildman–Crippen LogP) is 0.464. The molecule has 0 aliphatic carbocycles. The molecule has 0 saturated carbocycles. The van der Waals surface area contributed by atoms with Gasteiger partial charge < -0.3 is 24.1 Å². The first-order chi connectivity index (χ1) is 13.6. The number of benzene rings is 1. The standard InChI is InChI=1S/C21H28N2O5/c1-3-4-16-13-20(25)28-21-15(2)18(6-5-17(16)21)27-14-19(24)22-7-8-23-9-11-26-12-10-23/h5-6,13H,3-4,7-12,14H2,1-2H3,(H,22,24)/p+1. The van der Waals surface area contributed by atoms with E-state index in [0.29, 0.717) is 17.9 Å². The molecular weight excluding hydrogens is 360 g/mol. The summed E-state index contributed by atoms with van der Waals surface area (Å²) in [5.41, 5.74) is 1.88. The zero-order valence-corrected chi connectivity index (χ0v) is 16.6. The molecule has 1 aromatic heterocycles. The zero-order valence-electron chi connectivity index (χ0n) is 16.6. The first-order valence-electron chi connectivity index (χ1n) is 9.95. The summed E-state index contributed by atoms with van der Waals surface area (Å²) in [7, 11) is 0. The molecule has 2 N–H and O–H groups in total. The number of ether oxygens (including phenoxy) is 2. The Hall–Kier alpha value is -2.38. The van der Waals surface area contributed by atoms with Gasteiger partial charge in [-0.2, -0.15) is 0 Å². The summed E-state index contributed by atoms with van der Waals surface area (Å²) >= 11 is 0. The number of morpholine rings is 1. The van der Waals surface area contributed by atoms with E-state index in [9.17, 15) is 9.59 Å². The lowest BCUT2D eigenvalue weighted by Gasteiger charge is -2.23. The quantitative estimate of drug-likeness (QED) is 0.641. The Bertz CT molecular complexity index is 871.